The molecule has 1 aromatic carbocycles. The third-order valence-electron chi connectivity index (χ3n) is 2.56. The summed E-state index contributed by atoms with van der Waals surface area (Å²) >= 11 is 0. The number of nitrogens with one attached hydrogen (secondary N) is 1. The fraction of sp³-hybridized carbons (Fsp3) is 0.357. The molecule has 0 aliphatic rings. The van der Waals surface area contributed by atoms with Crippen molar-refractivity contribution >= 4 is 11.7 Å². The van der Waals surface area contributed by atoms with Crippen LogP contribution < -0.4 is 11.1 Å². The molecule has 0 spiro atoms. The van der Waals surface area contributed by atoms with E-state index in [1.54, 1.807) is 13.2 Å². The number of carboxylic acids is 1. The molecule has 0 bridgehead atoms. The van der Waals surface area contributed by atoms with Crippen molar-refractivity contribution in [3.05, 3.63) is 41.6 Å². The van der Waals surface area contributed by atoms with Gasteiger partial charge in [-0.3, -0.25) is 4.79 Å². The molecule has 1 aromatic rings. The fourth-order valence-corrected chi connectivity index (χ4v) is 1.60. The topological polar surface area (TPSA) is 84.6 Å². The standard InChI is InChI=1S/C14H20N2O3/c1-16-10-13(15)12-4-2-3-11(9-12)5-7-19-8-6-14(17)18/h2-4,9-10,16H,5-8,15H2,1H3,(H,17,18)/b13-10-. The second-order valence-electron chi connectivity index (χ2n) is 4.09. The van der Waals surface area contributed by atoms with Gasteiger partial charge in [0.25, 0.3) is 0 Å². The van der Waals surface area contributed by atoms with Crippen molar-refractivity contribution in [2.24, 2.45) is 5.73 Å². The Morgan fingerprint density at radius 2 is 2.26 bits per heavy atom. The molecular weight excluding hydrogens is 244 g/mol. The summed E-state index contributed by atoms with van der Waals surface area (Å²) in [5.41, 5.74) is 8.63. The smallest absolute Gasteiger partial charge is 0.305 e. The van der Waals surface area contributed by atoms with E-state index in [-0.39, 0.29) is 13.0 Å². The zero-order chi connectivity index (χ0) is 14.1. The van der Waals surface area contributed by atoms with Crippen LogP contribution in [0.25, 0.3) is 5.70 Å². The minimum Gasteiger partial charge on any atom is -0.481 e. The van der Waals surface area contributed by atoms with Gasteiger partial charge in [0.15, 0.2) is 0 Å². The molecule has 0 heterocycles. The molecule has 0 aromatic heterocycles. The maximum atomic E-state index is 10.3. The molecular formula is C14H20N2O3. The number of carboxylic acid groups (broad SMARTS) is 1. The van der Waals surface area contributed by atoms with Gasteiger partial charge in [-0.2, -0.15) is 0 Å². The van der Waals surface area contributed by atoms with Crippen LogP contribution in [-0.4, -0.2) is 31.3 Å². The average Bonchev–Trinajstić information content (AvgIpc) is 2.38. The number of nitrogens with two attached hydrogens (primary N) is 1. The Bertz CT molecular complexity index is 444. The highest BCUT2D eigenvalue weighted by atomic mass is 16.5. The monoisotopic (exact) mass is 264 g/mol. The second-order valence-corrected chi connectivity index (χ2v) is 4.09. The van der Waals surface area contributed by atoms with Crippen molar-refractivity contribution in [1.29, 1.82) is 0 Å². The number of carbonyl (C=O) groups is 1. The first-order chi connectivity index (χ1) is 9.13. The van der Waals surface area contributed by atoms with Crippen molar-refractivity contribution in [3.8, 4) is 0 Å². The van der Waals surface area contributed by atoms with Crippen LogP contribution in [0.2, 0.25) is 0 Å². The zero-order valence-corrected chi connectivity index (χ0v) is 11.1. The second kappa shape index (κ2) is 8.16. The number of ether oxygens (including phenoxy) is 1. The third kappa shape index (κ3) is 5.92. The summed E-state index contributed by atoms with van der Waals surface area (Å²) < 4.78 is 5.26. The van der Waals surface area contributed by atoms with Gasteiger partial charge < -0.3 is 20.9 Å². The van der Waals surface area contributed by atoms with E-state index in [0.717, 1.165) is 17.5 Å². The summed E-state index contributed by atoms with van der Waals surface area (Å²) in [6.07, 6.45) is 2.51. The van der Waals surface area contributed by atoms with Gasteiger partial charge >= 0.3 is 5.97 Å². The van der Waals surface area contributed by atoms with Gasteiger partial charge in [0.2, 0.25) is 0 Å². The van der Waals surface area contributed by atoms with E-state index < -0.39 is 5.97 Å². The van der Waals surface area contributed by atoms with E-state index in [4.69, 9.17) is 15.6 Å². The van der Waals surface area contributed by atoms with Gasteiger partial charge in [-0.15, -0.1) is 0 Å². The molecule has 0 fully saturated rings. The molecule has 19 heavy (non-hydrogen) atoms. The summed E-state index contributed by atoms with van der Waals surface area (Å²) in [6.45, 7) is 0.753. The molecule has 5 nitrogen and oxygen atoms in total. The predicted octanol–water partition coefficient (Wildman–Crippen LogP) is 1.20. The summed E-state index contributed by atoms with van der Waals surface area (Å²) in [6, 6.07) is 7.89. The Morgan fingerprint density at radius 1 is 1.47 bits per heavy atom. The van der Waals surface area contributed by atoms with E-state index in [9.17, 15) is 4.79 Å². The summed E-state index contributed by atoms with van der Waals surface area (Å²) in [5, 5.41) is 11.4. The van der Waals surface area contributed by atoms with Gasteiger partial charge in [0, 0.05) is 13.2 Å². The van der Waals surface area contributed by atoms with Crippen LogP contribution in [0.1, 0.15) is 17.5 Å². The van der Waals surface area contributed by atoms with Gasteiger partial charge in [-0.05, 0) is 23.6 Å². The van der Waals surface area contributed by atoms with E-state index in [2.05, 4.69) is 5.32 Å². The van der Waals surface area contributed by atoms with Crippen molar-refractivity contribution in [2.75, 3.05) is 20.3 Å². The Hall–Kier alpha value is -2.01. The van der Waals surface area contributed by atoms with E-state index in [1.807, 2.05) is 24.3 Å². The number of rotatable bonds is 8. The van der Waals surface area contributed by atoms with Gasteiger partial charge in [-0.25, -0.2) is 0 Å². The molecule has 4 N–H and O–H groups in total. The number of hydrogen-bond acceptors (Lipinski definition) is 4. The normalized spacial score (nSPS) is 11.3. The minimum absolute atomic E-state index is 0.0396. The van der Waals surface area contributed by atoms with Crippen LogP contribution >= 0.6 is 0 Å². The van der Waals surface area contributed by atoms with E-state index in [0.29, 0.717) is 12.3 Å². The molecule has 104 valence electrons. The quantitative estimate of drug-likeness (QED) is 0.614. The lowest BCUT2D eigenvalue weighted by atomic mass is 10.1. The molecule has 0 amide bonds. The van der Waals surface area contributed by atoms with Crippen LogP contribution in [0.4, 0.5) is 0 Å². The largest absolute Gasteiger partial charge is 0.481 e. The van der Waals surface area contributed by atoms with Crippen LogP contribution in [0.15, 0.2) is 30.5 Å². The first-order valence-electron chi connectivity index (χ1n) is 6.15. The lowest BCUT2D eigenvalue weighted by Crippen LogP contribution is -2.06. The third-order valence-corrected chi connectivity index (χ3v) is 2.56. The zero-order valence-electron chi connectivity index (χ0n) is 11.1. The highest BCUT2D eigenvalue weighted by Crippen LogP contribution is 2.11. The summed E-state index contributed by atoms with van der Waals surface area (Å²) in [5.74, 6) is -0.841. The fourth-order valence-electron chi connectivity index (χ4n) is 1.60. The lowest BCUT2D eigenvalue weighted by Gasteiger charge is -2.06. The Morgan fingerprint density at radius 3 is 2.95 bits per heavy atom. The van der Waals surface area contributed by atoms with Gasteiger partial charge in [0.1, 0.15) is 0 Å². The van der Waals surface area contributed by atoms with Gasteiger partial charge in [0.05, 0.1) is 25.3 Å². The Kier molecular flexibility index (Phi) is 6.46. The van der Waals surface area contributed by atoms with E-state index in [1.165, 1.54) is 0 Å². The van der Waals surface area contributed by atoms with Crippen LogP contribution in [0, 0.1) is 0 Å². The van der Waals surface area contributed by atoms with Gasteiger partial charge in [-0.1, -0.05) is 18.2 Å². The molecule has 0 saturated carbocycles. The van der Waals surface area contributed by atoms with Crippen LogP contribution in [0.3, 0.4) is 0 Å². The highest BCUT2D eigenvalue weighted by Gasteiger charge is 2.00. The summed E-state index contributed by atoms with van der Waals surface area (Å²) in [7, 11) is 1.80. The maximum absolute atomic E-state index is 10.3. The van der Waals surface area contributed by atoms with Crippen molar-refractivity contribution in [1.82, 2.24) is 5.32 Å². The molecule has 0 aliphatic carbocycles. The number of hydrogen-bond donors (Lipinski definition) is 3. The molecule has 0 saturated heterocycles. The number of aliphatic carboxylic acids is 1. The van der Waals surface area contributed by atoms with Crippen molar-refractivity contribution in [2.45, 2.75) is 12.8 Å². The average molecular weight is 264 g/mol. The maximum Gasteiger partial charge on any atom is 0.305 e. The van der Waals surface area contributed by atoms with Crippen LogP contribution in [-0.2, 0) is 16.0 Å². The number of benzene rings is 1. The molecule has 0 radical (unpaired) electrons. The SMILES string of the molecule is CN/C=C(\N)c1cccc(CCOCCC(=O)O)c1. The van der Waals surface area contributed by atoms with Crippen LogP contribution in [0.5, 0.6) is 0 Å². The Balaban J connectivity index is 2.44. The van der Waals surface area contributed by atoms with E-state index >= 15 is 0 Å². The molecule has 0 atom stereocenters. The van der Waals surface area contributed by atoms with Crippen molar-refractivity contribution < 1.29 is 14.6 Å². The highest BCUT2D eigenvalue weighted by molar-refractivity contribution is 5.66. The van der Waals surface area contributed by atoms with Crippen molar-refractivity contribution in [3.63, 3.8) is 0 Å². The predicted molar refractivity (Wildman–Crippen MR) is 74.4 cm³/mol. The first kappa shape index (κ1) is 15.0. The molecule has 0 aliphatic heterocycles. The molecule has 5 heteroatoms. The summed E-state index contributed by atoms with van der Waals surface area (Å²) in [4.78, 5) is 10.3. The molecule has 0 unspecified atom stereocenters. The Labute approximate surface area is 113 Å². The lowest BCUT2D eigenvalue weighted by molar-refractivity contribution is -0.138. The first-order valence-corrected chi connectivity index (χ1v) is 6.15. The minimum atomic E-state index is -0.841. The molecule has 1 rings (SSSR count).